The van der Waals surface area contributed by atoms with Crippen molar-refractivity contribution in [3.05, 3.63) is 23.8 Å². The first-order valence-electron chi connectivity index (χ1n) is 4.52. The van der Waals surface area contributed by atoms with Gasteiger partial charge in [0.15, 0.2) is 0 Å². The molecule has 2 rings (SSSR count). The van der Waals surface area contributed by atoms with Gasteiger partial charge in [-0.05, 0) is 13.0 Å². The molecule has 0 saturated heterocycles. The lowest BCUT2D eigenvalue weighted by Gasteiger charge is -2.21. The highest BCUT2D eigenvalue weighted by Gasteiger charge is 2.38. The van der Waals surface area contributed by atoms with Gasteiger partial charge in [-0.3, -0.25) is 0 Å². The predicted molar refractivity (Wildman–Crippen MR) is 51.2 cm³/mol. The molecule has 0 spiro atoms. The van der Waals surface area contributed by atoms with Crippen LogP contribution in [0.1, 0.15) is 26.3 Å². The van der Waals surface area contributed by atoms with Gasteiger partial charge in [-0.1, -0.05) is 19.9 Å². The highest BCUT2D eigenvalue weighted by atomic mass is 16.5. The van der Waals surface area contributed by atoms with Crippen LogP contribution < -0.4 is 4.74 Å². The van der Waals surface area contributed by atoms with Crippen LogP contribution in [0.25, 0.3) is 0 Å². The third-order valence-corrected chi connectivity index (χ3v) is 2.98. The quantitative estimate of drug-likeness (QED) is 0.661. The Balaban J connectivity index is 2.55. The summed E-state index contributed by atoms with van der Waals surface area (Å²) in [5.41, 5.74) is 1.22. The second kappa shape index (κ2) is 2.41. The zero-order valence-electron chi connectivity index (χ0n) is 8.16. The average molecular weight is 178 g/mol. The lowest BCUT2D eigenvalue weighted by Crippen LogP contribution is -2.28. The fraction of sp³-hybridized carbons (Fsp3) is 0.455. The van der Waals surface area contributed by atoms with E-state index in [0.29, 0.717) is 0 Å². The van der Waals surface area contributed by atoms with Crippen molar-refractivity contribution in [2.24, 2.45) is 0 Å². The maximum absolute atomic E-state index is 9.27. The first-order chi connectivity index (χ1) is 6.01. The Morgan fingerprint density at radius 2 is 2.08 bits per heavy atom. The third-order valence-electron chi connectivity index (χ3n) is 2.98. The van der Waals surface area contributed by atoms with Crippen molar-refractivity contribution in [1.29, 1.82) is 0 Å². The Kier molecular flexibility index (Phi) is 1.56. The van der Waals surface area contributed by atoms with Crippen molar-refractivity contribution in [2.45, 2.75) is 32.3 Å². The zero-order chi connectivity index (χ0) is 9.64. The van der Waals surface area contributed by atoms with E-state index in [1.54, 1.807) is 12.1 Å². The van der Waals surface area contributed by atoms with Crippen LogP contribution in [-0.2, 0) is 5.41 Å². The molecule has 0 aliphatic carbocycles. The van der Waals surface area contributed by atoms with Crippen molar-refractivity contribution in [2.75, 3.05) is 0 Å². The molecule has 0 amide bonds. The molecule has 1 aliphatic heterocycles. The van der Waals surface area contributed by atoms with Gasteiger partial charge in [0.2, 0.25) is 0 Å². The van der Waals surface area contributed by atoms with Gasteiger partial charge >= 0.3 is 0 Å². The highest BCUT2D eigenvalue weighted by molar-refractivity contribution is 5.47. The molecule has 1 heterocycles. The minimum Gasteiger partial charge on any atom is -0.508 e. The average Bonchev–Trinajstić information content (AvgIpc) is 2.23. The second-order valence-corrected chi connectivity index (χ2v) is 4.16. The van der Waals surface area contributed by atoms with E-state index in [0.717, 1.165) is 5.75 Å². The van der Waals surface area contributed by atoms with Gasteiger partial charge in [0.05, 0.1) is 0 Å². The van der Waals surface area contributed by atoms with Gasteiger partial charge < -0.3 is 9.84 Å². The van der Waals surface area contributed by atoms with Crippen molar-refractivity contribution < 1.29 is 9.84 Å². The number of benzene rings is 1. The van der Waals surface area contributed by atoms with E-state index in [1.165, 1.54) is 5.56 Å². The molecule has 0 fully saturated rings. The summed E-state index contributed by atoms with van der Waals surface area (Å²) in [5.74, 6) is 1.08. The van der Waals surface area contributed by atoms with E-state index in [-0.39, 0.29) is 17.3 Å². The zero-order valence-corrected chi connectivity index (χ0v) is 8.16. The van der Waals surface area contributed by atoms with Crippen molar-refractivity contribution in [3.63, 3.8) is 0 Å². The normalized spacial score (nSPS) is 23.8. The lowest BCUT2D eigenvalue weighted by molar-refractivity contribution is 0.185. The van der Waals surface area contributed by atoms with Crippen LogP contribution in [0.3, 0.4) is 0 Å². The molecule has 1 N–H and O–H groups in total. The van der Waals surface area contributed by atoms with Crippen molar-refractivity contribution >= 4 is 0 Å². The summed E-state index contributed by atoms with van der Waals surface area (Å²) < 4.78 is 5.64. The van der Waals surface area contributed by atoms with Crippen LogP contribution in [0.4, 0.5) is 0 Å². The number of phenolic OH excluding ortho intramolecular Hbond substituents is 1. The van der Waals surface area contributed by atoms with E-state index >= 15 is 0 Å². The third kappa shape index (κ3) is 1.09. The number of hydrogen-bond donors (Lipinski definition) is 1. The number of rotatable bonds is 0. The fourth-order valence-corrected chi connectivity index (χ4v) is 1.70. The van der Waals surface area contributed by atoms with E-state index < -0.39 is 0 Å². The number of fused-ring (bicyclic) bond motifs is 1. The summed E-state index contributed by atoms with van der Waals surface area (Å²) in [4.78, 5) is 0. The second-order valence-electron chi connectivity index (χ2n) is 4.16. The largest absolute Gasteiger partial charge is 0.508 e. The van der Waals surface area contributed by atoms with Gasteiger partial charge in [-0.2, -0.15) is 0 Å². The Labute approximate surface area is 78.2 Å². The molecule has 1 aliphatic rings. The van der Waals surface area contributed by atoms with Gasteiger partial charge in [0, 0.05) is 17.0 Å². The standard InChI is InChI=1S/C11H14O2/c1-7-11(2,3)9-5-4-8(12)6-10(9)13-7/h4-7,12H,1-3H3. The summed E-state index contributed by atoms with van der Waals surface area (Å²) in [5, 5.41) is 9.27. The summed E-state index contributed by atoms with van der Waals surface area (Å²) in [6.07, 6.45) is 0.171. The summed E-state index contributed by atoms with van der Waals surface area (Å²) in [7, 11) is 0. The topological polar surface area (TPSA) is 29.5 Å². The molecule has 1 atom stereocenters. The van der Waals surface area contributed by atoms with E-state index in [4.69, 9.17) is 4.74 Å². The molecule has 0 saturated carbocycles. The van der Waals surface area contributed by atoms with E-state index in [9.17, 15) is 5.11 Å². The number of ether oxygens (including phenoxy) is 1. The van der Waals surface area contributed by atoms with Crippen LogP contribution in [0.2, 0.25) is 0 Å². The van der Waals surface area contributed by atoms with Gasteiger partial charge in [-0.15, -0.1) is 0 Å². The lowest BCUT2D eigenvalue weighted by atomic mass is 9.82. The molecule has 0 aromatic heterocycles. The van der Waals surface area contributed by atoms with Crippen LogP contribution in [0.5, 0.6) is 11.5 Å². The van der Waals surface area contributed by atoms with Crippen LogP contribution in [-0.4, -0.2) is 11.2 Å². The van der Waals surface area contributed by atoms with E-state index in [1.807, 2.05) is 6.07 Å². The Bertz CT molecular complexity index is 342. The SMILES string of the molecule is CC1Oc2cc(O)ccc2C1(C)C. The Morgan fingerprint density at radius 1 is 1.38 bits per heavy atom. The van der Waals surface area contributed by atoms with E-state index in [2.05, 4.69) is 20.8 Å². The minimum absolute atomic E-state index is 0.0447. The highest BCUT2D eigenvalue weighted by Crippen LogP contribution is 2.43. The Morgan fingerprint density at radius 3 is 2.77 bits per heavy atom. The minimum atomic E-state index is 0.0447. The number of hydrogen-bond acceptors (Lipinski definition) is 2. The number of aromatic hydroxyl groups is 1. The first-order valence-corrected chi connectivity index (χ1v) is 4.52. The van der Waals surface area contributed by atoms with Gasteiger partial charge in [0.1, 0.15) is 17.6 Å². The molecule has 0 bridgehead atoms. The molecule has 70 valence electrons. The molecule has 2 heteroatoms. The fourth-order valence-electron chi connectivity index (χ4n) is 1.70. The monoisotopic (exact) mass is 178 g/mol. The predicted octanol–water partition coefficient (Wildman–Crippen LogP) is 2.45. The Hall–Kier alpha value is -1.18. The number of phenols is 1. The van der Waals surface area contributed by atoms with Gasteiger partial charge in [0.25, 0.3) is 0 Å². The molecule has 1 aromatic carbocycles. The van der Waals surface area contributed by atoms with Crippen LogP contribution in [0.15, 0.2) is 18.2 Å². The molecular formula is C11H14O2. The molecule has 2 nitrogen and oxygen atoms in total. The van der Waals surface area contributed by atoms with Gasteiger partial charge in [-0.25, -0.2) is 0 Å². The molecule has 0 radical (unpaired) electrons. The summed E-state index contributed by atoms with van der Waals surface area (Å²) >= 11 is 0. The maximum Gasteiger partial charge on any atom is 0.127 e. The van der Waals surface area contributed by atoms with Crippen molar-refractivity contribution in [3.8, 4) is 11.5 Å². The first kappa shape index (κ1) is 8.42. The molecule has 1 unspecified atom stereocenters. The molecule has 1 aromatic rings. The molecule has 13 heavy (non-hydrogen) atoms. The molecular weight excluding hydrogens is 164 g/mol. The maximum atomic E-state index is 9.27. The smallest absolute Gasteiger partial charge is 0.127 e. The summed E-state index contributed by atoms with van der Waals surface area (Å²) in [6, 6.07) is 5.33. The summed E-state index contributed by atoms with van der Waals surface area (Å²) in [6.45, 7) is 6.36. The van der Waals surface area contributed by atoms with Crippen LogP contribution >= 0.6 is 0 Å². The van der Waals surface area contributed by atoms with Crippen molar-refractivity contribution in [1.82, 2.24) is 0 Å². The van der Waals surface area contributed by atoms with Crippen LogP contribution in [0, 0.1) is 0 Å².